The molecule has 2 aromatic rings. The quantitative estimate of drug-likeness (QED) is 0.564. The van der Waals surface area contributed by atoms with Crippen LogP contribution in [0.3, 0.4) is 0 Å². The minimum Gasteiger partial charge on any atom is -0.444 e. The summed E-state index contributed by atoms with van der Waals surface area (Å²) in [6, 6.07) is -0.476. The fraction of sp³-hybridized carbons (Fsp3) is 0.556. The average Bonchev–Trinajstić information content (AvgIpc) is 3.03. The second kappa shape index (κ2) is 7.65. The molecule has 1 saturated heterocycles. The number of nitro groups is 1. The Morgan fingerprint density at radius 2 is 2.10 bits per heavy atom. The van der Waals surface area contributed by atoms with Crippen LogP contribution >= 0.6 is 0 Å². The molecule has 0 radical (unpaired) electrons. The lowest BCUT2D eigenvalue weighted by Gasteiger charge is -2.36. The van der Waals surface area contributed by atoms with Crippen molar-refractivity contribution in [3.63, 3.8) is 0 Å². The van der Waals surface area contributed by atoms with Crippen molar-refractivity contribution in [1.82, 2.24) is 15.3 Å². The third-order valence-corrected chi connectivity index (χ3v) is 4.61. The number of hydrogen-bond donors (Lipinski definition) is 2. The second-order valence-corrected chi connectivity index (χ2v) is 8.10. The minimum absolute atomic E-state index is 0.00748. The number of carbonyl (C=O) groups is 1. The van der Waals surface area contributed by atoms with Crippen molar-refractivity contribution in [2.45, 2.75) is 51.4 Å². The molecule has 0 saturated carbocycles. The molecule has 0 aromatic carbocycles. The zero-order chi connectivity index (χ0) is 22.3. The van der Waals surface area contributed by atoms with Crippen molar-refractivity contribution in [2.24, 2.45) is 0 Å². The van der Waals surface area contributed by atoms with Gasteiger partial charge in [-0.25, -0.2) is 9.78 Å². The Bertz CT molecular complexity index is 967. The van der Waals surface area contributed by atoms with E-state index in [2.05, 4.69) is 15.3 Å². The molecule has 0 unspecified atom stereocenters. The number of nitrogens with one attached hydrogen (secondary N) is 2. The van der Waals surface area contributed by atoms with Gasteiger partial charge in [0.05, 0.1) is 22.4 Å². The van der Waals surface area contributed by atoms with Gasteiger partial charge in [0.1, 0.15) is 16.6 Å². The number of aromatic nitrogens is 2. The van der Waals surface area contributed by atoms with Crippen molar-refractivity contribution in [3.8, 4) is 0 Å². The number of alkyl carbamates (subject to hydrolysis) is 1. The van der Waals surface area contributed by atoms with Gasteiger partial charge in [-0.05, 0) is 33.6 Å². The highest BCUT2D eigenvalue weighted by molar-refractivity contribution is 5.99. The first-order valence-electron chi connectivity index (χ1n) is 9.33. The smallest absolute Gasteiger partial charge is 0.419 e. The topological polar surface area (TPSA) is 113 Å². The lowest BCUT2D eigenvalue weighted by Crippen LogP contribution is -2.49. The number of halogens is 3. The predicted molar refractivity (Wildman–Crippen MR) is 102 cm³/mol. The molecule has 1 aliphatic rings. The second-order valence-electron chi connectivity index (χ2n) is 8.10. The Morgan fingerprint density at radius 3 is 2.70 bits per heavy atom. The number of H-pyrrole nitrogens is 1. The van der Waals surface area contributed by atoms with E-state index in [1.807, 2.05) is 0 Å². The van der Waals surface area contributed by atoms with Crippen LogP contribution in [0.15, 0.2) is 12.4 Å². The van der Waals surface area contributed by atoms with E-state index in [1.54, 1.807) is 20.8 Å². The van der Waals surface area contributed by atoms with E-state index in [9.17, 15) is 28.1 Å². The first-order chi connectivity index (χ1) is 13.9. The molecular weight excluding hydrogens is 407 g/mol. The van der Waals surface area contributed by atoms with Crippen molar-refractivity contribution >= 4 is 28.5 Å². The molecule has 12 heteroatoms. The molecule has 0 aliphatic carbocycles. The van der Waals surface area contributed by atoms with Crippen LogP contribution in [0.2, 0.25) is 0 Å². The summed E-state index contributed by atoms with van der Waals surface area (Å²) in [5, 5.41) is 13.9. The molecule has 1 aliphatic heterocycles. The van der Waals surface area contributed by atoms with Gasteiger partial charge in [-0.15, -0.1) is 0 Å². The van der Waals surface area contributed by atoms with Crippen molar-refractivity contribution < 1.29 is 27.6 Å². The zero-order valence-corrected chi connectivity index (χ0v) is 16.7. The van der Waals surface area contributed by atoms with Gasteiger partial charge >= 0.3 is 12.3 Å². The SMILES string of the molecule is CC(C)(C)OC(=O)N[C@@H]1CCCN(c2c(C(F)(F)F)cnc3[nH]cc([N+](=O)[O-])c23)C1. The lowest BCUT2D eigenvalue weighted by molar-refractivity contribution is -0.383. The molecule has 1 fully saturated rings. The lowest BCUT2D eigenvalue weighted by atomic mass is 10.0. The summed E-state index contributed by atoms with van der Waals surface area (Å²) >= 11 is 0. The van der Waals surface area contributed by atoms with Crippen LogP contribution in [0.5, 0.6) is 0 Å². The van der Waals surface area contributed by atoms with Gasteiger partial charge in [0.2, 0.25) is 0 Å². The van der Waals surface area contributed by atoms with E-state index in [-0.39, 0.29) is 29.8 Å². The maximum atomic E-state index is 13.7. The van der Waals surface area contributed by atoms with Crippen LogP contribution < -0.4 is 10.2 Å². The van der Waals surface area contributed by atoms with Gasteiger partial charge in [0.25, 0.3) is 5.69 Å². The molecule has 3 heterocycles. The van der Waals surface area contributed by atoms with Gasteiger partial charge in [-0.2, -0.15) is 13.2 Å². The molecule has 30 heavy (non-hydrogen) atoms. The van der Waals surface area contributed by atoms with E-state index in [1.165, 1.54) is 4.90 Å². The van der Waals surface area contributed by atoms with Crippen molar-refractivity contribution in [2.75, 3.05) is 18.0 Å². The van der Waals surface area contributed by atoms with E-state index in [4.69, 9.17) is 4.74 Å². The number of nitrogens with zero attached hydrogens (tertiary/aromatic N) is 3. The van der Waals surface area contributed by atoms with Gasteiger partial charge < -0.3 is 19.9 Å². The number of amides is 1. The monoisotopic (exact) mass is 429 g/mol. The molecule has 164 valence electrons. The van der Waals surface area contributed by atoms with E-state index >= 15 is 0 Å². The summed E-state index contributed by atoms with van der Waals surface area (Å²) < 4.78 is 46.4. The average molecular weight is 429 g/mol. The van der Waals surface area contributed by atoms with E-state index < -0.39 is 40.1 Å². The van der Waals surface area contributed by atoms with Crippen LogP contribution in [0.1, 0.15) is 39.2 Å². The van der Waals surface area contributed by atoms with Crippen molar-refractivity contribution in [1.29, 1.82) is 0 Å². The molecular formula is C18H22F3N5O4. The number of piperidine rings is 1. The number of ether oxygens (including phenoxy) is 1. The third-order valence-electron chi connectivity index (χ3n) is 4.61. The molecule has 2 N–H and O–H groups in total. The maximum Gasteiger partial charge on any atom is 0.419 e. The highest BCUT2D eigenvalue weighted by Gasteiger charge is 2.39. The molecule has 0 bridgehead atoms. The van der Waals surface area contributed by atoms with Gasteiger partial charge in [-0.1, -0.05) is 0 Å². The largest absolute Gasteiger partial charge is 0.444 e. The summed E-state index contributed by atoms with van der Waals surface area (Å²) in [4.78, 5) is 30.4. The molecule has 3 rings (SSSR count). The first kappa shape index (κ1) is 21.7. The number of carbonyl (C=O) groups excluding carboxylic acids is 1. The van der Waals surface area contributed by atoms with Crippen LogP contribution in [-0.2, 0) is 10.9 Å². The highest BCUT2D eigenvalue weighted by atomic mass is 19.4. The van der Waals surface area contributed by atoms with Crippen molar-refractivity contribution in [3.05, 3.63) is 28.1 Å². The number of pyridine rings is 1. The maximum absolute atomic E-state index is 13.7. The van der Waals surface area contributed by atoms with Crippen LogP contribution in [-0.4, -0.2) is 45.7 Å². The number of aromatic amines is 1. The number of anilines is 1. The summed E-state index contributed by atoms with van der Waals surface area (Å²) in [6.45, 7) is 5.40. The summed E-state index contributed by atoms with van der Waals surface area (Å²) in [5.74, 6) is 0. The van der Waals surface area contributed by atoms with Gasteiger partial charge in [0, 0.05) is 25.3 Å². The normalized spacial score (nSPS) is 17.8. The fourth-order valence-electron chi connectivity index (χ4n) is 3.51. The standard InChI is InChI=1S/C18H22F3N5O4/c1-17(2,3)30-16(27)24-10-5-4-6-25(9-10)14-11(18(19,20)21)7-22-15-13(14)12(8-23-15)26(28)29/h7-8,10H,4-6,9H2,1-3H3,(H,22,23)(H,24,27)/t10-/m1/s1. The summed E-state index contributed by atoms with van der Waals surface area (Å²) in [6.07, 6.45) is -2.70. The molecule has 0 spiro atoms. The summed E-state index contributed by atoms with van der Waals surface area (Å²) in [7, 11) is 0. The molecule has 1 atom stereocenters. The Kier molecular flexibility index (Phi) is 5.52. The predicted octanol–water partition coefficient (Wildman–Crippen LogP) is 3.98. The Hall–Kier alpha value is -3.05. The van der Waals surface area contributed by atoms with Gasteiger partial charge in [-0.3, -0.25) is 10.1 Å². The van der Waals surface area contributed by atoms with Gasteiger partial charge in [0.15, 0.2) is 0 Å². The number of alkyl halides is 3. The zero-order valence-electron chi connectivity index (χ0n) is 16.7. The number of hydrogen-bond acceptors (Lipinski definition) is 6. The summed E-state index contributed by atoms with van der Waals surface area (Å²) in [5.41, 5.74) is -2.58. The molecule has 2 aromatic heterocycles. The highest BCUT2D eigenvalue weighted by Crippen LogP contribution is 2.43. The molecule has 1 amide bonds. The number of fused-ring (bicyclic) bond motifs is 1. The third kappa shape index (κ3) is 4.57. The fourth-order valence-corrected chi connectivity index (χ4v) is 3.51. The van der Waals surface area contributed by atoms with Crippen LogP contribution in [0.25, 0.3) is 11.0 Å². The Labute approximate surface area is 169 Å². The Balaban J connectivity index is 1.99. The minimum atomic E-state index is -4.76. The van der Waals surface area contributed by atoms with E-state index in [0.717, 1.165) is 6.20 Å². The van der Waals surface area contributed by atoms with E-state index in [0.29, 0.717) is 19.0 Å². The first-order valence-corrected chi connectivity index (χ1v) is 9.33. The number of rotatable bonds is 3. The van der Waals surface area contributed by atoms with Crippen LogP contribution in [0.4, 0.5) is 29.3 Å². The molecule has 9 nitrogen and oxygen atoms in total. The Morgan fingerprint density at radius 1 is 1.40 bits per heavy atom. The van der Waals surface area contributed by atoms with Crippen LogP contribution in [0, 0.1) is 10.1 Å².